The van der Waals surface area contributed by atoms with Crippen LogP contribution in [-0.2, 0) is 20.9 Å². The summed E-state index contributed by atoms with van der Waals surface area (Å²) in [6, 6.07) is 11.2. The molecule has 0 fully saturated rings. The predicted octanol–water partition coefficient (Wildman–Crippen LogP) is 2.83. The molecule has 5 nitrogen and oxygen atoms in total. The molecule has 0 aliphatic carbocycles. The number of hydrogen-bond donors (Lipinski definition) is 0. The molecular formula is C19H19FN2O3. The lowest BCUT2D eigenvalue weighted by Crippen LogP contribution is -2.31. The van der Waals surface area contributed by atoms with E-state index in [-0.39, 0.29) is 37.2 Å². The minimum absolute atomic E-state index is 0.0967. The van der Waals surface area contributed by atoms with E-state index in [1.807, 2.05) is 12.1 Å². The van der Waals surface area contributed by atoms with Crippen molar-refractivity contribution >= 4 is 18.0 Å². The lowest BCUT2D eigenvalue weighted by Gasteiger charge is -2.20. The average molecular weight is 342 g/mol. The Morgan fingerprint density at radius 3 is 2.60 bits per heavy atom. The number of pyridine rings is 1. The van der Waals surface area contributed by atoms with Crippen LogP contribution < -0.4 is 0 Å². The van der Waals surface area contributed by atoms with E-state index >= 15 is 0 Å². The first-order valence-electron chi connectivity index (χ1n) is 7.78. The van der Waals surface area contributed by atoms with E-state index in [1.54, 1.807) is 30.5 Å². The van der Waals surface area contributed by atoms with Gasteiger partial charge in [0.1, 0.15) is 5.82 Å². The topological polar surface area (TPSA) is 59.5 Å². The van der Waals surface area contributed by atoms with Gasteiger partial charge < -0.3 is 9.64 Å². The fourth-order valence-electron chi connectivity index (χ4n) is 2.13. The number of carbonyl (C=O) groups excluding carboxylic acids is 2. The largest absolute Gasteiger partial charge is 0.469 e. The molecule has 1 aromatic heterocycles. The van der Waals surface area contributed by atoms with Gasteiger partial charge in [0.05, 0.1) is 25.8 Å². The zero-order valence-electron chi connectivity index (χ0n) is 13.9. The molecule has 25 heavy (non-hydrogen) atoms. The summed E-state index contributed by atoms with van der Waals surface area (Å²) in [7, 11) is 1.31. The van der Waals surface area contributed by atoms with Gasteiger partial charge in [0.15, 0.2) is 0 Å². The molecule has 0 radical (unpaired) electrons. The number of amides is 1. The van der Waals surface area contributed by atoms with Crippen molar-refractivity contribution < 1.29 is 18.7 Å². The molecule has 2 rings (SSSR count). The Labute approximate surface area is 145 Å². The van der Waals surface area contributed by atoms with Crippen molar-refractivity contribution in [2.45, 2.75) is 13.0 Å². The average Bonchev–Trinajstić information content (AvgIpc) is 2.64. The molecule has 0 spiro atoms. The molecule has 1 aromatic carbocycles. The molecule has 6 heteroatoms. The molecule has 0 aliphatic heterocycles. The van der Waals surface area contributed by atoms with Crippen LogP contribution in [0, 0.1) is 5.82 Å². The van der Waals surface area contributed by atoms with E-state index in [0.29, 0.717) is 5.56 Å². The Bertz CT molecular complexity index is 730. The number of aromatic nitrogens is 1. The highest BCUT2D eigenvalue weighted by atomic mass is 19.1. The van der Waals surface area contributed by atoms with Crippen LogP contribution in [0.5, 0.6) is 0 Å². The third-order valence-corrected chi connectivity index (χ3v) is 3.49. The third-order valence-electron chi connectivity index (χ3n) is 3.49. The fraction of sp³-hybridized carbons (Fsp3) is 0.211. The molecule has 0 N–H and O–H groups in total. The number of nitrogens with zero attached hydrogens (tertiary/aromatic N) is 2. The molecule has 0 bridgehead atoms. The summed E-state index contributed by atoms with van der Waals surface area (Å²) in [5.41, 5.74) is 1.43. The van der Waals surface area contributed by atoms with Crippen LogP contribution >= 0.6 is 0 Å². The van der Waals surface area contributed by atoms with Crippen molar-refractivity contribution in [3.63, 3.8) is 0 Å². The van der Waals surface area contributed by atoms with Crippen LogP contribution in [0.15, 0.2) is 54.7 Å². The van der Waals surface area contributed by atoms with Gasteiger partial charge in [-0.05, 0) is 35.9 Å². The van der Waals surface area contributed by atoms with E-state index in [4.69, 9.17) is 0 Å². The first-order chi connectivity index (χ1) is 12.1. The summed E-state index contributed by atoms with van der Waals surface area (Å²) in [5.74, 6) is -0.987. The summed E-state index contributed by atoms with van der Waals surface area (Å²) >= 11 is 0. The van der Waals surface area contributed by atoms with E-state index in [0.717, 1.165) is 5.69 Å². The number of benzene rings is 1. The standard InChI is InChI=1S/C19H19FN2O3/c1-25-19(24)11-13-22(14-17-4-2-3-12-21-17)18(23)10-7-15-5-8-16(20)9-6-15/h2-10,12H,11,13-14H2,1H3/b10-7+. The van der Waals surface area contributed by atoms with Gasteiger partial charge in [-0.15, -0.1) is 0 Å². The van der Waals surface area contributed by atoms with Gasteiger partial charge in [-0.2, -0.15) is 0 Å². The summed E-state index contributed by atoms with van der Waals surface area (Å²) in [6.07, 6.45) is 4.74. The lowest BCUT2D eigenvalue weighted by atomic mass is 10.2. The minimum Gasteiger partial charge on any atom is -0.469 e. The Kier molecular flexibility index (Phi) is 6.83. The van der Waals surface area contributed by atoms with Gasteiger partial charge >= 0.3 is 5.97 Å². The highest BCUT2D eigenvalue weighted by Crippen LogP contribution is 2.08. The van der Waals surface area contributed by atoms with Crippen molar-refractivity contribution in [3.05, 3.63) is 71.8 Å². The van der Waals surface area contributed by atoms with Crippen LogP contribution in [-0.4, -0.2) is 35.4 Å². The van der Waals surface area contributed by atoms with Crippen molar-refractivity contribution in [2.24, 2.45) is 0 Å². The number of ether oxygens (including phenoxy) is 1. The van der Waals surface area contributed by atoms with Gasteiger partial charge in [0, 0.05) is 18.8 Å². The summed E-state index contributed by atoms with van der Waals surface area (Å²) in [6.45, 7) is 0.500. The zero-order valence-corrected chi connectivity index (χ0v) is 13.9. The van der Waals surface area contributed by atoms with Gasteiger partial charge in [-0.1, -0.05) is 18.2 Å². The maximum absolute atomic E-state index is 12.9. The summed E-state index contributed by atoms with van der Waals surface area (Å²) < 4.78 is 17.5. The van der Waals surface area contributed by atoms with Crippen LogP contribution in [0.1, 0.15) is 17.7 Å². The smallest absolute Gasteiger partial charge is 0.307 e. The van der Waals surface area contributed by atoms with Gasteiger partial charge in [0.2, 0.25) is 5.91 Å². The van der Waals surface area contributed by atoms with Crippen LogP contribution in [0.3, 0.4) is 0 Å². The Morgan fingerprint density at radius 2 is 1.96 bits per heavy atom. The SMILES string of the molecule is COC(=O)CCN(Cc1ccccn1)C(=O)/C=C/c1ccc(F)cc1. The molecule has 0 saturated carbocycles. The summed E-state index contributed by atoms with van der Waals surface area (Å²) in [5, 5.41) is 0. The molecule has 2 aromatic rings. The number of hydrogen-bond acceptors (Lipinski definition) is 4. The van der Waals surface area contributed by atoms with E-state index < -0.39 is 0 Å². The normalized spacial score (nSPS) is 10.6. The van der Waals surface area contributed by atoms with E-state index in [2.05, 4.69) is 9.72 Å². The highest BCUT2D eigenvalue weighted by molar-refractivity contribution is 5.92. The minimum atomic E-state index is -0.388. The molecule has 0 aliphatic rings. The first-order valence-corrected chi connectivity index (χ1v) is 7.78. The van der Waals surface area contributed by atoms with Crippen LogP contribution in [0.2, 0.25) is 0 Å². The number of halogens is 1. The Balaban J connectivity index is 2.07. The van der Waals surface area contributed by atoms with Crippen molar-refractivity contribution in [3.8, 4) is 0 Å². The molecule has 0 atom stereocenters. The van der Waals surface area contributed by atoms with Crippen LogP contribution in [0.4, 0.5) is 4.39 Å². The highest BCUT2D eigenvalue weighted by Gasteiger charge is 2.14. The maximum atomic E-state index is 12.9. The van der Waals surface area contributed by atoms with Crippen molar-refractivity contribution in [1.82, 2.24) is 9.88 Å². The molecule has 130 valence electrons. The number of esters is 1. The quantitative estimate of drug-likeness (QED) is 0.573. The van der Waals surface area contributed by atoms with Gasteiger partial charge in [-0.25, -0.2) is 4.39 Å². The zero-order chi connectivity index (χ0) is 18.1. The monoisotopic (exact) mass is 342 g/mol. The summed E-state index contributed by atoms with van der Waals surface area (Å²) in [4.78, 5) is 29.6. The second kappa shape index (κ2) is 9.32. The second-order valence-corrected chi connectivity index (χ2v) is 5.29. The molecule has 0 unspecified atom stereocenters. The van der Waals surface area contributed by atoms with Crippen LogP contribution in [0.25, 0.3) is 6.08 Å². The third kappa shape index (κ3) is 6.18. The van der Waals surface area contributed by atoms with Crippen molar-refractivity contribution in [1.29, 1.82) is 0 Å². The fourth-order valence-corrected chi connectivity index (χ4v) is 2.13. The molecular weight excluding hydrogens is 323 g/mol. The molecule has 1 amide bonds. The number of carbonyl (C=O) groups is 2. The molecule has 0 saturated heterocycles. The number of rotatable bonds is 7. The number of methoxy groups -OCH3 is 1. The lowest BCUT2D eigenvalue weighted by molar-refractivity contribution is -0.141. The Morgan fingerprint density at radius 1 is 1.20 bits per heavy atom. The molecule has 1 heterocycles. The van der Waals surface area contributed by atoms with Gasteiger partial charge in [-0.3, -0.25) is 14.6 Å². The Hall–Kier alpha value is -3.02. The first kappa shape index (κ1) is 18.3. The second-order valence-electron chi connectivity index (χ2n) is 5.29. The van der Waals surface area contributed by atoms with E-state index in [9.17, 15) is 14.0 Å². The van der Waals surface area contributed by atoms with E-state index in [1.165, 1.54) is 30.2 Å². The van der Waals surface area contributed by atoms with Crippen molar-refractivity contribution in [2.75, 3.05) is 13.7 Å². The maximum Gasteiger partial charge on any atom is 0.307 e. The van der Waals surface area contributed by atoms with Gasteiger partial charge in [0.25, 0.3) is 0 Å². The predicted molar refractivity (Wildman–Crippen MR) is 91.7 cm³/mol.